The van der Waals surface area contributed by atoms with Gasteiger partial charge < -0.3 is 9.47 Å². The summed E-state index contributed by atoms with van der Waals surface area (Å²) < 4.78 is 11.0. The van der Waals surface area contributed by atoms with Crippen molar-refractivity contribution in [2.75, 3.05) is 13.2 Å². The van der Waals surface area contributed by atoms with E-state index in [0.29, 0.717) is 31.1 Å². The lowest BCUT2D eigenvalue weighted by Crippen LogP contribution is -2.08. The van der Waals surface area contributed by atoms with Gasteiger partial charge in [0.05, 0.1) is 13.2 Å². The van der Waals surface area contributed by atoms with E-state index in [1.54, 1.807) is 0 Å². The summed E-state index contributed by atoms with van der Waals surface area (Å²) >= 11 is 5.94. The predicted octanol–water partition coefficient (Wildman–Crippen LogP) is 9.22. The van der Waals surface area contributed by atoms with Gasteiger partial charge in [-0.2, -0.15) is 0 Å². The lowest BCUT2D eigenvalue weighted by molar-refractivity contribution is -0.144. The molecule has 0 aliphatic heterocycles. The molecule has 0 saturated heterocycles. The maximum absolute atomic E-state index is 11.8. The summed E-state index contributed by atoms with van der Waals surface area (Å²) in [6, 6.07) is 5.56. The van der Waals surface area contributed by atoms with Crippen LogP contribution in [0.3, 0.4) is 0 Å². The van der Waals surface area contributed by atoms with Crippen LogP contribution in [0.25, 0.3) is 0 Å². The van der Waals surface area contributed by atoms with Crippen molar-refractivity contribution in [1.82, 2.24) is 0 Å². The van der Waals surface area contributed by atoms with Gasteiger partial charge in [0.15, 0.2) is 0 Å². The zero-order valence-electron chi connectivity index (χ0n) is 20.8. The number of halogens is 1. The Balaban J connectivity index is 1.81. The largest absolute Gasteiger partial charge is 0.493 e. The molecule has 0 aliphatic rings. The van der Waals surface area contributed by atoms with Crippen molar-refractivity contribution >= 4 is 17.6 Å². The summed E-state index contributed by atoms with van der Waals surface area (Å²) in [5, 5.41) is 0.706. The summed E-state index contributed by atoms with van der Waals surface area (Å²) in [4.78, 5) is 11.8. The Hall–Kier alpha value is -1.22. The standard InChI is InChI=1S/C28H47ClO3/c1-3-4-5-6-7-8-9-10-11-12-13-14-15-16-17-22-32-28(30)19-18-23-31-27-21-20-26(29)24-25(27)2/h20-21,24H,3-19,22-23H2,1-2H3. The molecule has 0 radical (unpaired) electrons. The van der Waals surface area contributed by atoms with Crippen LogP contribution in [0.15, 0.2) is 18.2 Å². The monoisotopic (exact) mass is 466 g/mol. The fourth-order valence-corrected chi connectivity index (χ4v) is 4.13. The zero-order chi connectivity index (χ0) is 23.3. The molecule has 0 atom stereocenters. The fourth-order valence-electron chi connectivity index (χ4n) is 3.90. The normalized spacial score (nSPS) is 11.0. The average Bonchev–Trinajstić information content (AvgIpc) is 2.77. The molecule has 0 amide bonds. The minimum absolute atomic E-state index is 0.119. The maximum atomic E-state index is 11.8. The number of benzene rings is 1. The highest BCUT2D eigenvalue weighted by Gasteiger charge is 2.04. The number of rotatable bonds is 21. The van der Waals surface area contributed by atoms with Crippen molar-refractivity contribution in [2.45, 2.75) is 123 Å². The summed E-state index contributed by atoms with van der Waals surface area (Å²) in [6.45, 7) is 5.30. The van der Waals surface area contributed by atoms with E-state index in [1.165, 1.54) is 83.5 Å². The molecular formula is C28H47ClO3. The Kier molecular flexibility index (Phi) is 18.4. The highest BCUT2D eigenvalue weighted by atomic mass is 35.5. The molecule has 1 aromatic rings. The SMILES string of the molecule is CCCCCCCCCCCCCCCCCOC(=O)CCCOc1ccc(Cl)cc1C. The molecule has 0 unspecified atom stereocenters. The second-order valence-corrected chi connectivity index (χ2v) is 9.47. The topological polar surface area (TPSA) is 35.5 Å². The number of aryl methyl sites for hydroxylation is 1. The van der Waals surface area contributed by atoms with Crippen LogP contribution in [-0.4, -0.2) is 19.2 Å². The molecule has 32 heavy (non-hydrogen) atoms. The van der Waals surface area contributed by atoms with E-state index in [4.69, 9.17) is 21.1 Å². The van der Waals surface area contributed by atoms with Crippen molar-refractivity contribution < 1.29 is 14.3 Å². The second kappa shape index (κ2) is 20.4. The molecule has 0 spiro atoms. The molecule has 1 aromatic carbocycles. The first-order valence-electron chi connectivity index (χ1n) is 13.2. The lowest BCUT2D eigenvalue weighted by atomic mass is 10.0. The van der Waals surface area contributed by atoms with E-state index in [-0.39, 0.29) is 5.97 Å². The Morgan fingerprint density at radius 3 is 1.81 bits per heavy atom. The van der Waals surface area contributed by atoms with Gasteiger partial charge in [0.2, 0.25) is 0 Å². The highest BCUT2D eigenvalue weighted by molar-refractivity contribution is 6.30. The molecule has 4 heteroatoms. The first-order chi connectivity index (χ1) is 15.6. The van der Waals surface area contributed by atoms with Gasteiger partial charge in [-0.25, -0.2) is 0 Å². The van der Waals surface area contributed by atoms with Gasteiger partial charge in [0, 0.05) is 11.4 Å². The molecule has 184 valence electrons. The highest BCUT2D eigenvalue weighted by Crippen LogP contribution is 2.22. The molecule has 0 fully saturated rings. The first-order valence-corrected chi connectivity index (χ1v) is 13.6. The molecule has 0 N–H and O–H groups in total. The zero-order valence-corrected chi connectivity index (χ0v) is 21.5. The molecular weight excluding hydrogens is 420 g/mol. The van der Waals surface area contributed by atoms with Crippen LogP contribution in [-0.2, 0) is 9.53 Å². The molecule has 0 aliphatic carbocycles. The quantitative estimate of drug-likeness (QED) is 0.134. The van der Waals surface area contributed by atoms with Crippen LogP contribution < -0.4 is 4.74 Å². The lowest BCUT2D eigenvalue weighted by Gasteiger charge is -2.09. The second-order valence-electron chi connectivity index (χ2n) is 9.03. The summed E-state index contributed by atoms with van der Waals surface area (Å²) in [6.07, 6.45) is 21.2. The van der Waals surface area contributed by atoms with Gasteiger partial charge in [-0.3, -0.25) is 4.79 Å². The number of unbranched alkanes of at least 4 members (excludes halogenated alkanes) is 14. The third-order valence-electron chi connectivity index (χ3n) is 5.93. The Bertz CT molecular complexity index is 588. The minimum Gasteiger partial charge on any atom is -0.493 e. The van der Waals surface area contributed by atoms with Gasteiger partial charge in [-0.1, -0.05) is 108 Å². The molecule has 0 saturated carbocycles. The van der Waals surface area contributed by atoms with Crippen LogP contribution >= 0.6 is 11.6 Å². The van der Waals surface area contributed by atoms with E-state index < -0.39 is 0 Å². The van der Waals surface area contributed by atoms with E-state index in [2.05, 4.69) is 6.92 Å². The van der Waals surface area contributed by atoms with Gasteiger partial charge in [0.1, 0.15) is 5.75 Å². The van der Waals surface area contributed by atoms with E-state index in [1.807, 2.05) is 25.1 Å². The first kappa shape index (κ1) is 28.8. The van der Waals surface area contributed by atoms with Gasteiger partial charge >= 0.3 is 5.97 Å². The van der Waals surface area contributed by atoms with Crippen LogP contribution in [0.4, 0.5) is 0 Å². The summed E-state index contributed by atoms with van der Waals surface area (Å²) in [5.41, 5.74) is 1.01. The minimum atomic E-state index is -0.119. The number of ether oxygens (including phenoxy) is 2. The number of carbonyl (C=O) groups excluding carboxylic acids is 1. The molecule has 0 heterocycles. The predicted molar refractivity (Wildman–Crippen MR) is 137 cm³/mol. The van der Waals surface area contributed by atoms with E-state index in [9.17, 15) is 4.79 Å². The number of esters is 1. The third-order valence-corrected chi connectivity index (χ3v) is 6.17. The van der Waals surface area contributed by atoms with Crippen LogP contribution in [0.1, 0.15) is 122 Å². The van der Waals surface area contributed by atoms with Crippen LogP contribution in [0.5, 0.6) is 5.75 Å². The fraction of sp³-hybridized carbons (Fsp3) is 0.750. The smallest absolute Gasteiger partial charge is 0.305 e. The van der Waals surface area contributed by atoms with Gasteiger partial charge in [0.25, 0.3) is 0 Å². The Labute approximate surface area is 202 Å². The van der Waals surface area contributed by atoms with Crippen LogP contribution in [0.2, 0.25) is 5.02 Å². The van der Waals surface area contributed by atoms with Crippen LogP contribution in [0, 0.1) is 6.92 Å². The molecule has 3 nitrogen and oxygen atoms in total. The number of carbonyl (C=O) groups is 1. The Morgan fingerprint density at radius 1 is 0.750 bits per heavy atom. The third kappa shape index (κ3) is 16.4. The maximum Gasteiger partial charge on any atom is 0.305 e. The van der Waals surface area contributed by atoms with E-state index >= 15 is 0 Å². The number of hydrogen-bond donors (Lipinski definition) is 0. The van der Waals surface area contributed by atoms with Crippen molar-refractivity contribution in [3.05, 3.63) is 28.8 Å². The average molecular weight is 467 g/mol. The van der Waals surface area contributed by atoms with Crippen molar-refractivity contribution in [2.24, 2.45) is 0 Å². The van der Waals surface area contributed by atoms with Crippen molar-refractivity contribution in [3.63, 3.8) is 0 Å². The molecule has 1 rings (SSSR count). The van der Waals surface area contributed by atoms with Crippen molar-refractivity contribution in [3.8, 4) is 5.75 Å². The summed E-state index contributed by atoms with van der Waals surface area (Å²) in [5.74, 6) is 0.701. The number of hydrogen-bond acceptors (Lipinski definition) is 3. The molecule has 0 bridgehead atoms. The van der Waals surface area contributed by atoms with Gasteiger partial charge in [-0.05, 0) is 43.5 Å². The van der Waals surface area contributed by atoms with Gasteiger partial charge in [-0.15, -0.1) is 0 Å². The molecule has 0 aromatic heterocycles. The van der Waals surface area contributed by atoms with Crippen molar-refractivity contribution in [1.29, 1.82) is 0 Å². The Morgan fingerprint density at radius 2 is 1.28 bits per heavy atom. The van der Waals surface area contributed by atoms with E-state index in [0.717, 1.165) is 24.2 Å². The summed E-state index contributed by atoms with van der Waals surface area (Å²) in [7, 11) is 0.